The number of alkyl halides is 2. The Morgan fingerprint density at radius 1 is 1.53 bits per heavy atom. The Balaban J connectivity index is 3.22. The lowest BCUT2D eigenvalue weighted by atomic mass is 10.1. The van der Waals surface area contributed by atoms with Crippen molar-refractivity contribution in [2.75, 3.05) is 13.7 Å². The van der Waals surface area contributed by atoms with Crippen molar-refractivity contribution in [2.24, 2.45) is 12.8 Å². The molecular formula is C9H15F2N3O. The van der Waals surface area contributed by atoms with E-state index in [4.69, 9.17) is 10.5 Å². The summed E-state index contributed by atoms with van der Waals surface area (Å²) in [7, 11) is 2.91. The predicted octanol–water partition coefficient (Wildman–Crippen LogP) is 1.18. The minimum absolute atomic E-state index is 0.0789. The molecule has 1 heterocycles. The largest absolute Gasteiger partial charge is 0.481 e. The number of halogens is 2. The molecule has 0 saturated heterocycles. The third-order valence-electron chi connectivity index (χ3n) is 2.19. The molecule has 86 valence electrons. The highest BCUT2D eigenvalue weighted by atomic mass is 19.3. The van der Waals surface area contributed by atoms with Crippen molar-refractivity contribution in [3.05, 3.63) is 11.3 Å². The Kier molecular flexibility index (Phi) is 3.28. The number of hydrogen-bond acceptors (Lipinski definition) is 3. The summed E-state index contributed by atoms with van der Waals surface area (Å²) in [6.07, 6.45) is -0.407. The number of nitrogens with two attached hydrogens (primary N) is 1. The molecule has 0 aliphatic heterocycles. The van der Waals surface area contributed by atoms with Gasteiger partial charge >= 0.3 is 0 Å². The van der Waals surface area contributed by atoms with Crippen LogP contribution in [-0.2, 0) is 13.0 Å². The van der Waals surface area contributed by atoms with Crippen molar-refractivity contribution in [3.63, 3.8) is 0 Å². The molecule has 0 unspecified atom stereocenters. The molecule has 1 rings (SSSR count). The first-order valence-electron chi connectivity index (χ1n) is 4.60. The van der Waals surface area contributed by atoms with Gasteiger partial charge in [0.05, 0.1) is 12.8 Å². The molecule has 0 bridgehead atoms. The average molecular weight is 219 g/mol. The van der Waals surface area contributed by atoms with Gasteiger partial charge in [-0.25, -0.2) is 13.5 Å². The van der Waals surface area contributed by atoms with Crippen LogP contribution < -0.4 is 10.5 Å². The lowest BCUT2D eigenvalue weighted by Gasteiger charge is -2.16. The van der Waals surface area contributed by atoms with E-state index in [-0.39, 0.29) is 23.7 Å². The van der Waals surface area contributed by atoms with E-state index in [1.807, 2.05) is 0 Å². The quantitative estimate of drug-likeness (QED) is 0.827. The Morgan fingerprint density at radius 3 is 2.60 bits per heavy atom. The Hall–Kier alpha value is -1.17. The summed E-state index contributed by atoms with van der Waals surface area (Å²) in [6.45, 7) is 1.45. The van der Waals surface area contributed by atoms with Crippen LogP contribution in [0.25, 0.3) is 0 Å². The van der Waals surface area contributed by atoms with Crippen LogP contribution in [0.3, 0.4) is 0 Å². The third-order valence-corrected chi connectivity index (χ3v) is 2.19. The van der Waals surface area contributed by atoms with Gasteiger partial charge in [-0.3, -0.25) is 0 Å². The second-order valence-corrected chi connectivity index (χ2v) is 3.34. The van der Waals surface area contributed by atoms with Gasteiger partial charge in [0, 0.05) is 13.5 Å². The number of aryl methyl sites for hydroxylation is 2. The molecular weight excluding hydrogens is 204 g/mol. The van der Waals surface area contributed by atoms with Gasteiger partial charge in [-0.05, 0) is 13.5 Å². The highest BCUT2D eigenvalue weighted by molar-refractivity contribution is 5.35. The lowest BCUT2D eigenvalue weighted by molar-refractivity contribution is -0.0135. The molecule has 1 aromatic heterocycles. The summed E-state index contributed by atoms with van der Waals surface area (Å²) in [5.41, 5.74) is 5.25. The summed E-state index contributed by atoms with van der Waals surface area (Å²) in [5, 5.41) is 3.90. The van der Waals surface area contributed by atoms with E-state index in [0.717, 1.165) is 0 Å². The summed E-state index contributed by atoms with van der Waals surface area (Å²) in [6, 6.07) is 0. The van der Waals surface area contributed by atoms with Crippen LogP contribution in [0.2, 0.25) is 0 Å². The molecule has 1 aromatic rings. The van der Waals surface area contributed by atoms with Gasteiger partial charge in [0.15, 0.2) is 0 Å². The van der Waals surface area contributed by atoms with Gasteiger partial charge in [0.1, 0.15) is 5.56 Å². The summed E-state index contributed by atoms with van der Waals surface area (Å²) < 4.78 is 33.5. The fraction of sp³-hybridized carbons (Fsp3) is 0.667. The normalized spacial score (nSPS) is 11.9. The summed E-state index contributed by atoms with van der Waals surface area (Å²) in [4.78, 5) is 0. The van der Waals surface area contributed by atoms with Crippen LogP contribution >= 0.6 is 0 Å². The van der Waals surface area contributed by atoms with Gasteiger partial charge in [0.2, 0.25) is 5.88 Å². The SMILES string of the molecule is COc1c(C(F)(F)CCN)c(C)nn1C. The number of nitrogens with zero attached hydrogens (tertiary/aromatic N) is 2. The molecule has 0 atom stereocenters. The maximum Gasteiger partial charge on any atom is 0.281 e. The molecule has 0 aliphatic rings. The number of ether oxygens (including phenoxy) is 1. The van der Waals surface area contributed by atoms with Crippen molar-refractivity contribution in [3.8, 4) is 5.88 Å². The maximum atomic E-state index is 13.7. The van der Waals surface area contributed by atoms with Gasteiger partial charge in [-0.2, -0.15) is 5.10 Å². The zero-order valence-electron chi connectivity index (χ0n) is 9.05. The van der Waals surface area contributed by atoms with E-state index in [0.29, 0.717) is 0 Å². The molecule has 6 heteroatoms. The van der Waals surface area contributed by atoms with Gasteiger partial charge in [-0.15, -0.1) is 0 Å². The smallest absolute Gasteiger partial charge is 0.281 e. The first-order chi connectivity index (χ1) is 6.94. The zero-order chi connectivity index (χ0) is 11.6. The molecule has 4 nitrogen and oxygen atoms in total. The number of hydrogen-bond donors (Lipinski definition) is 1. The monoisotopic (exact) mass is 219 g/mol. The van der Waals surface area contributed by atoms with E-state index >= 15 is 0 Å². The van der Waals surface area contributed by atoms with Crippen LogP contribution in [0.4, 0.5) is 8.78 Å². The predicted molar refractivity (Wildman–Crippen MR) is 52.1 cm³/mol. The Bertz CT molecular complexity index is 349. The molecule has 0 amide bonds. The van der Waals surface area contributed by atoms with Crippen LogP contribution in [0.15, 0.2) is 0 Å². The second-order valence-electron chi connectivity index (χ2n) is 3.34. The average Bonchev–Trinajstić information content (AvgIpc) is 2.40. The van der Waals surface area contributed by atoms with Crippen molar-refractivity contribution < 1.29 is 13.5 Å². The Morgan fingerprint density at radius 2 is 2.13 bits per heavy atom. The van der Waals surface area contributed by atoms with Crippen LogP contribution in [-0.4, -0.2) is 23.4 Å². The van der Waals surface area contributed by atoms with Crippen molar-refractivity contribution in [1.29, 1.82) is 0 Å². The number of methoxy groups -OCH3 is 1. The third kappa shape index (κ3) is 2.09. The van der Waals surface area contributed by atoms with E-state index in [1.165, 1.54) is 18.7 Å². The Labute approximate surface area is 87.0 Å². The number of rotatable bonds is 4. The first kappa shape index (κ1) is 11.9. The van der Waals surface area contributed by atoms with Crippen LogP contribution in [0.5, 0.6) is 5.88 Å². The minimum atomic E-state index is -2.99. The number of aromatic nitrogens is 2. The van der Waals surface area contributed by atoms with Crippen LogP contribution in [0.1, 0.15) is 17.7 Å². The molecule has 0 fully saturated rings. The molecule has 15 heavy (non-hydrogen) atoms. The van der Waals surface area contributed by atoms with Gasteiger partial charge < -0.3 is 10.5 Å². The molecule has 0 aliphatic carbocycles. The molecule has 0 saturated carbocycles. The van der Waals surface area contributed by atoms with E-state index in [1.54, 1.807) is 7.05 Å². The van der Waals surface area contributed by atoms with E-state index in [2.05, 4.69) is 5.10 Å². The van der Waals surface area contributed by atoms with E-state index in [9.17, 15) is 8.78 Å². The van der Waals surface area contributed by atoms with Crippen molar-refractivity contribution in [2.45, 2.75) is 19.3 Å². The molecule has 0 spiro atoms. The summed E-state index contributed by atoms with van der Waals surface area (Å²) in [5.74, 6) is -2.90. The minimum Gasteiger partial charge on any atom is -0.481 e. The van der Waals surface area contributed by atoms with Gasteiger partial charge in [0.25, 0.3) is 5.92 Å². The van der Waals surface area contributed by atoms with E-state index < -0.39 is 12.3 Å². The standard InChI is InChI=1S/C9H15F2N3O/c1-6-7(9(10,11)4-5-12)8(15-3)14(2)13-6/h4-5,12H2,1-3H3. The fourth-order valence-corrected chi connectivity index (χ4v) is 1.60. The highest BCUT2D eigenvalue weighted by Gasteiger charge is 2.38. The summed E-state index contributed by atoms with van der Waals surface area (Å²) >= 11 is 0. The molecule has 2 N–H and O–H groups in total. The molecule has 0 radical (unpaired) electrons. The topological polar surface area (TPSA) is 53.1 Å². The fourth-order valence-electron chi connectivity index (χ4n) is 1.60. The van der Waals surface area contributed by atoms with Gasteiger partial charge in [-0.1, -0.05) is 0 Å². The first-order valence-corrected chi connectivity index (χ1v) is 4.60. The van der Waals surface area contributed by atoms with Crippen molar-refractivity contribution >= 4 is 0 Å². The second kappa shape index (κ2) is 4.14. The van der Waals surface area contributed by atoms with Crippen molar-refractivity contribution in [1.82, 2.24) is 9.78 Å². The van der Waals surface area contributed by atoms with Crippen LogP contribution in [0, 0.1) is 6.92 Å². The lowest BCUT2D eigenvalue weighted by Crippen LogP contribution is -2.20. The zero-order valence-corrected chi connectivity index (χ0v) is 9.05. The highest BCUT2D eigenvalue weighted by Crippen LogP contribution is 2.39. The molecule has 0 aromatic carbocycles. The maximum absolute atomic E-state index is 13.7.